The molecule has 0 fully saturated rings. The maximum Gasteiger partial charge on any atom is 0.137 e. The zero-order valence-electron chi connectivity index (χ0n) is 11.7. The zero-order chi connectivity index (χ0) is 13.9. The highest BCUT2D eigenvalue weighted by Gasteiger charge is 2.21. The van der Waals surface area contributed by atoms with Crippen LogP contribution in [0.25, 0.3) is 0 Å². The number of hydrogen-bond acceptors (Lipinski definition) is 4. The zero-order valence-corrected chi connectivity index (χ0v) is 11.7. The van der Waals surface area contributed by atoms with Crippen molar-refractivity contribution < 1.29 is 4.74 Å². The van der Waals surface area contributed by atoms with E-state index < -0.39 is 0 Å². The highest BCUT2D eigenvalue weighted by atomic mass is 16.5. The fourth-order valence-corrected chi connectivity index (χ4v) is 2.71. The molecule has 5 heteroatoms. The molecule has 2 aromatic rings. The Morgan fingerprint density at radius 1 is 1.30 bits per heavy atom. The van der Waals surface area contributed by atoms with E-state index in [4.69, 9.17) is 10.5 Å². The number of methoxy groups -OCH3 is 1. The molecule has 1 unspecified atom stereocenters. The third-order valence-electron chi connectivity index (χ3n) is 3.99. The van der Waals surface area contributed by atoms with Gasteiger partial charge in [-0.1, -0.05) is 12.1 Å². The summed E-state index contributed by atoms with van der Waals surface area (Å²) in [5.74, 6) is 3.55. The van der Waals surface area contributed by atoms with Crippen molar-refractivity contribution in [2.24, 2.45) is 11.7 Å². The molecule has 0 radical (unpaired) electrons. The van der Waals surface area contributed by atoms with Crippen molar-refractivity contribution in [2.75, 3.05) is 13.7 Å². The SMILES string of the molecule is COc1ccc(Cc2nnc3n2CCC(CN)C3)cc1. The van der Waals surface area contributed by atoms with Crippen LogP contribution in [-0.2, 0) is 19.4 Å². The molecule has 1 aliphatic rings. The lowest BCUT2D eigenvalue weighted by Crippen LogP contribution is -2.26. The molecule has 1 aromatic carbocycles. The molecular formula is C15H20N4O. The third kappa shape index (κ3) is 2.54. The van der Waals surface area contributed by atoms with Crippen LogP contribution in [0.2, 0.25) is 0 Å². The van der Waals surface area contributed by atoms with Gasteiger partial charge in [0.2, 0.25) is 0 Å². The predicted molar refractivity (Wildman–Crippen MR) is 76.7 cm³/mol. The van der Waals surface area contributed by atoms with Gasteiger partial charge in [0.05, 0.1) is 7.11 Å². The number of aromatic nitrogens is 3. The normalized spacial score (nSPS) is 17.8. The fourth-order valence-electron chi connectivity index (χ4n) is 2.71. The van der Waals surface area contributed by atoms with Gasteiger partial charge in [0.1, 0.15) is 17.4 Å². The Morgan fingerprint density at radius 2 is 2.10 bits per heavy atom. The van der Waals surface area contributed by atoms with E-state index in [1.807, 2.05) is 12.1 Å². The Labute approximate surface area is 118 Å². The largest absolute Gasteiger partial charge is 0.497 e. The van der Waals surface area contributed by atoms with Crippen LogP contribution in [0.3, 0.4) is 0 Å². The summed E-state index contributed by atoms with van der Waals surface area (Å²) in [6.45, 7) is 1.72. The van der Waals surface area contributed by atoms with Gasteiger partial charge in [-0.2, -0.15) is 0 Å². The molecule has 20 heavy (non-hydrogen) atoms. The second-order valence-electron chi connectivity index (χ2n) is 5.30. The molecule has 2 heterocycles. The van der Waals surface area contributed by atoms with E-state index >= 15 is 0 Å². The highest BCUT2D eigenvalue weighted by Crippen LogP contribution is 2.21. The Kier molecular flexibility index (Phi) is 3.69. The van der Waals surface area contributed by atoms with Crippen LogP contribution >= 0.6 is 0 Å². The van der Waals surface area contributed by atoms with Crippen molar-refractivity contribution in [1.82, 2.24) is 14.8 Å². The van der Waals surface area contributed by atoms with E-state index in [1.54, 1.807) is 7.11 Å². The molecule has 2 N–H and O–H groups in total. The van der Waals surface area contributed by atoms with E-state index in [9.17, 15) is 0 Å². The second-order valence-corrected chi connectivity index (χ2v) is 5.30. The Bertz CT molecular complexity index is 576. The minimum atomic E-state index is 0.556. The van der Waals surface area contributed by atoms with Crippen LogP contribution in [0.5, 0.6) is 5.75 Å². The lowest BCUT2D eigenvalue weighted by molar-refractivity contribution is 0.385. The topological polar surface area (TPSA) is 66.0 Å². The van der Waals surface area contributed by atoms with Crippen molar-refractivity contribution >= 4 is 0 Å². The summed E-state index contributed by atoms with van der Waals surface area (Å²) in [6, 6.07) is 8.11. The third-order valence-corrected chi connectivity index (χ3v) is 3.99. The molecule has 5 nitrogen and oxygen atoms in total. The summed E-state index contributed by atoms with van der Waals surface area (Å²) < 4.78 is 7.42. The van der Waals surface area contributed by atoms with E-state index in [0.29, 0.717) is 5.92 Å². The average molecular weight is 272 g/mol. The van der Waals surface area contributed by atoms with Gasteiger partial charge < -0.3 is 15.0 Å². The van der Waals surface area contributed by atoms with Gasteiger partial charge in [0.15, 0.2) is 0 Å². The minimum absolute atomic E-state index is 0.556. The number of benzene rings is 1. The van der Waals surface area contributed by atoms with Gasteiger partial charge in [-0.05, 0) is 36.6 Å². The molecule has 106 valence electrons. The maximum absolute atomic E-state index is 5.75. The monoisotopic (exact) mass is 272 g/mol. The number of fused-ring (bicyclic) bond motifs is 1. The lowest BCUT2D eigenvalue weighted by Gasteiger charge is -2.22. The number of nitrogens with two attached hydrogens (primary N) is 1. The van der Waals surface area contributed by atoms with Crippen LogP contribution in [0, 0.1) is 5.92 Å². The molecular weight excluding hydrogens is 252 g/mol. The molecule has 0 saturated carbocycles. The van der Waals surface area contributed by atoms with Crippen molar-refractivity contribution in [2.45, 2.75) is 25.8 Å². The Morgan fingerprint density at radius 3 is 2.80 bits per heavy atom. The highest BCUT2D eigenvalue weighted by molar-refractivity contribution is 5.29. The molecule has 0 amide bonds. The van der Waals surface area contributed by atoms with E-state index in [-0.39, 0.29) is 0 Å². The van der Waals surface area contributed by atoms with Crippen LogP contribution in [-0.4, -0.2) is 28.4 Å². The van der Waals surface area contributed by atoms with Crippen molar-refractivity contribution in [3.63, 3.8) is 0 Å². The maximum atomic E-state index is 5.75. The molecule has 0 bridgehead atoms. The summed E-state index contributed by atoms with van der Waals surface area (Å²) in [6.07, 6.45) is 2.88. The van der Waals surface area contributed by atoms with E-state index in [2.05, 4.69) is 26.9 Å². The summed E-state index contributed by atoms with van der Waals surface area (Å²) in [4.78, 5) is 0. The van der Waals surface area contributed by atoms with Gasteiger partial charge >= 0.3 is 0 Å². The van der Waals surface area contributed by atoms with Gasteiger partial charge in [0.25, 0.3) is 0 Å². The molecule has 0 saturated heterocycles. The Balaban J connectivity index is 1.76. The first-order valence-electron chi connectivity index (χ1n) is 7.04. The Hall–Kier alpha value is -1.88. The second kappa shape index (κ2) is 5.63. The van der Waals surface area contributed by atoms with Crippen LogP contribution in [0.15, 0.2) is 24.3 Å². The van der Waals surface area contributed by atoms with Gasteiger partial charge in [-0.3, -0.25) is 0 Å². The van der Waals surface area contributed by atoms with E-state index in [1.165, 1.54) is 5.56 Å². The number of nitrogens with zero attached hydrogens (tertiary/aromatic N) is 3. The summed E-state index contributed by atoms with van der Waals surface area (Å²) in [7, 11) is 1.68. The summed E-state index contributed by atoms with van der Waals surface area (Å²) >= 11 is 0. The number of hydrogen-bond donors (Lipinski definition) is 1. The molecule has 1 atom stereocenters. The summed E-state index contributed by atoms with van der Waals surface area (Å²) in [5, 5.41) is 8.66. The number of ether oxygens (including phenoxy) is 1. The smallest absolute Gasteiger partial charge is 0.137 e. The average Bonchev–Trinajstić information content (AvgIpc) is 2.90. The molecule has 3 rings (SSSR count). The predicted octanol–water partition coefficient (Wildman–Crippen LogP) is 1.40. The quantitative estimate of drug-likeness (QED) is 0.913. The van der Waals surface area contributed by atoms with Crippen LogP contribution in [0.1, 0.15) is 23.6 Å². The van der Waals surface area contributed by atoms with Crippen molar-refractivity contribution in [1.29, 1.82) is 0 Å². The first-order valence-corrected chi connectivity index (χ1v) is 7.04. The van der Waals surface area contributed by atoms with Gasteiger partial charge in [-0.25, -0.2) is 0 Å². The first-order chi connectivity index (χ1) is 9.80. The lowest BCUT2D eigenvalue weighted by atomic mass is 9.98. The van der Waals surface area contributed by atoms with Crippen LogP contribution < -0.4 is 10.5 Å². The minimum Gasteiger partial charge on any atom is -0.497 e. The van der Waals surface area contributed by atoms with Crippen molar-refractivity contribution in [3.05, 3.63) is 41.5 Å². The molecule has 0 spiro atoms. The van der Waals surface area contributed by atoms with Gasteiger partial charge in [0, 0.05) is 19.4 Å². The van der Waals surface area contributed by atoms with Crippen LogP contribution in [0.4, 0.5) is 0 Å². The standard InChI is InChI=1S/C15H20N4O/c1-20-13-4-2-11(3-5-13)8-14-17-18-15-9-12(10-16)6-7-19(14)15/h2-5,12H,6-10,16H2,1H3. The number of rotatable bonds is 4. The molecule has 0 aliphatic carbocycles. The molecule has 1 aliphatic heterocycles. The fraction of sp³-hybridized carbons (Fsp3) is 0.467. The first kappa shape index (κ1) is 13.1. The van der Waals surface area contributed by atoms with E-state index in [0.717, 1.165) is 49.8 Å². The van der Waals surface area contributed by atoms with Crippen molar-refractivity contribution in [3.8, 4) is 5.75 Å². The van der Waals surface area contributed by atoms with Gasteiger partial charge in [-0.15, -0.1) is 10.2 Å². The summed E-state index contributed by atoms with van der Waals surface area (Å²) in [5.41, 5.74) is 6.97. The molecule has 1 aromatic heterocycles.